The minimum atomic E-state index is -0.854. The molecular weight excluding hydrogens is 286 g/mol. The highest BCUT2D eigenvalue weighted by Crippen LogP contribution is 2.33. The molecule has 114 valence electrons. The number of rotatable bonds is 6. The molecule has 0 atom stereocenters. The van der Waals surface area contributed by atoms with E-state index in [9.17, 15) is 9.59 Å². The van der Waals surface area contributed by atoms with Gasteiger partial charge in [-0.15, -0.1) is 0 Å². The molecule has 2 N–H and O–H groups in total. The van der Waals surface area contributed by atoms with Crippen molar-refractivity contribution >= 4 is 23.6 Å². The summed E-state index contributed by atoms with van der Waals surface area (Å²) >= 11 is 1.74. The molecule has 21 heavy (non-hydrogen) atoms. The van der Waals surface area contributed by atoms with Gasteiger partial charge in [0.15, 0.2) is 0 Å². The van der Waals surface area contributed by atoms with Crippen LogP contribution < -0.4 is 5.32 Å². The van der Waals surface area contributed by atoms with E-state index in [1.807, 2.05) is 30.5 Å². The Morgan fingerprint density at radius 2 is 1.86 bits per heavy atom. The van der Waals surface area contributed by atoms with Crippen LogP contribution in [0.5, 0.6) is 0 Å². The quantitative estimate of drug-likeness (QED) is 0.847. The van der Waals surface area contributed by atoms with Gasteiger partial charge in [0.1, 0.15) is 0 Å². The van der Waals surface area contributed by atoms with Gasteiger partial charge in [0.25, 0.3) is 5.91 Å². The molecule has 5 heteroatoms. The Morgan fingerprint density at radius 3 is 2.38 bits per heavy atom. The number of hydrogen-bond acceptors (Lipinski definition) is 3. The topological polar surface area (TPSA) is 66.4 Å². The third-order valence-electron chi connectivity index (χ3n) is 3.96. The van der Waals surface area contributed by atoms with Gasteiger partial charge in [0, 0.05) is 11.3 Å². The summed E-state index contributed by atoms with van der Waals surface area (Å²) in [6.45, 7) is 0. The molecule has 0 saturated heterocycles. The van der Waals surface area contributed by atoms with Crippen LogP contribution >= 0.6 is 11.8 Å². The van der Waals surface area contributed by atoms with Crippen LogP contribution in [0.4, 0.5) is 0 Å². The number of carboxylic acids is 1. The molecule has 0 spiro atoms. The van der Waals surface area contributed by atoms with E-state index in [4.69, 9.17) is 5.11 Å². The average molecular weight is 307 g/mol. The van der Waals surface area contributed by atoms with E-state index in [2.05, 4.69) is 5.32 Å². The molecule has 0 aromatic heterocycles. The summed E-state index contributed by atoms with van der Waals surface area (Å²) < 4.78 is 0. The molecule has 1 fully saturated rings. The van der Waals surface area contributed by atoms with Crippen molar-refractivity contribution in [2.45, 2.75) is 43.4 Å². The van der Waals surface area contributed by atoms with Crippen molar-refractivity contribution in [3.05, 3.63) is 35.4 Å². The van der Waals surface area contributed by atoms with Crippen LogP contribution in [-0.2, 0) is 10.5 Å². The molecule has 0 radical (unpaired) electrons. The van der Waals surface area contributed by atoms with Crippen molar-refractivity contribution in [2.24, 2.45) is 0 Å². The lowest BCUT2D eigenvalue weighted by atomic mass is 9.92. The number of benzene rings is 1. The van der Waals surface area contributed by atoms with Gasteiger partial charge in [-0.05, 0) is 36.8 Å². The smallest absolute Gasteiger partial charge is 0.305 e. The summed E-state index contributed by atoms with van der Waals surface area (Å²) in [5, 5.41) is 12.0. The van der Waals surface area contributed by atoms with Gasteiger partial charge < -0.3 is 10.4 Å². The van der Waals surface area contributed by atoms with E-state index in [1.54, 1.807) is 11.8 Å². The summed E-state index contributed by atoms with van der Waals surface area (Å²) in [6.07, 6.45) is 5.48. The van der Waals surface area contributed by atoms with Crippen molar-refractivity contribution in [1.82, 2.24) is 5.32 Å². The zero-order chi connectivity index (χ0) is 15.3. The molecule has 0 unspecified atom stereocenters. The molecular formula is C16H21NO3S. The van der Waals surface area contributed by atoms with Crippen LogP contribution in [0.3, 0.4) is 0 Å². The molecule has 1 saturated carbocycles. The molecule has 0 heterocycles. The van der Waals surface area contributed by atoms with Crippen molar-refractivity contribution in [1.29, 1.82) is 0 Å². The van der Waals surface area contributed by atoms with Crippen LogP contribution in [0.15, 0.2) is 24.3 Å². The summed E-state index contributed by atoms with van der Waals surface area (Å²) in [5.41, 5.74) is 1.21. The highest BCUT2D eigenvalue weighted by Gasteiger charge is 2.37. The van der Waals surface area contributed by atoms with Crippen LogP contribution in [0.2, 0.25) is 0 Å². The zero-order valence-electron chi connectivity index (χ0n) is 12.2. The fourth-order valence-electron chi connectivity index (χ4n) is 2.92. The first-order chi connectivity index (χ1) is 10.0. The molecule has 1 aromatic rings. The largest absolute Gasteiger partial charge is 0.481 e. The lowest BCUT2D eigenvalue weighted by molar-refractivity contribution is -0.138. The van der Waals surface area contributed by atoms with Crippen molar-refractivity contribution in [2.75, 3.05) is 6.26 Å². The molecule has 0 aliphatic heterocycles. The first-order valence-corrected chi connectivity index (χ1v) is 8.56. The number of aliphatic carboxylic acids is 1. The predicted octanol–water partition coefficient (Wildman–Crippen LogP) is 3.07. The predicted molar refractivity (Wildman–Crippen MR) is 84.6 cm³/mol. The van der Waals surface area contributed by atoms with E-state index < -0.39 is 11.5 Å². The SMILES string of the molecule is CSCc1ccc(C(=O)NC2(CC(=O)O)CCCC2)cc1. The maximum absolute atomic E-state index is 12.3. The fraction of sp³-hybridized carbons (Fsp3) is 0.500. The Bertz CT molecular complexity index is 507. The third kappa shape index (κ3) is 4.24. The van der Waals surface area contributed by atoms with Crippen LogP contribution in [0, 0.1) is 0 Å². The average Bonchev–Trinajstić information content (AvgIpc) is 2.87. The standard InChI is InChI=1S/C16H21NO3S/c1-21-11-12-4-6-13(7-5-12)15(20)17-16(10-14(18)19)8-2-3-9-16/h4-7H,2-3,8-11H2,1H3,(H,17,20)(H,18,19). The van der Waals surface area contributed by atoms with Gasteiger partial charge in [0.2, 0.25) is 0 Å². The molecule has 1 aromatic carbocycles. The second kappa shape index (κ2) is 6.98. The Kier molecular flexibility index (Phi) is 5.28. The highest BCUT2D eigenvalue weighted by molar-refractivity contribution is 7.97. The van der Waals surface area contributed by atoms with E-state index in [1.165, 1.54) is 5.56 Å². The Labute approximate surface area is 129 Å². The number of nitrogens with one attached hydrogen (secondary N) is 1. The van der Waals surface area contributed by atoms with Crippen molar-refractivity contribution in [3.8, 4) is 0 Å². The Morgan fingerprint density at radius 1 is 1.24 bits per heavy atom. The molecule has 1 aliphatic rings. The zero-order valence-corrected chi connectivity index (χ0v) is 13.0. The van der Waals surface area contributed by atoms with E-state index in [0.717, 1.165) is 31.4 Å². The highest BCUT2D eigenvalue weighted by atomic mass is 32.2. The lowest BCUT2D eigenvalue weighted by Crippen LogP contribution is -2.47. The monoisotopic (exact) mass is 307 g/mol. The summed E-state index contributed by atoms with van der Waals surface area (Å²) in [5.74, 6) is -0.105. The fourth-order valence-corrected chi connectivity index (χ4v) is 3.45. The van der Waals surface area contributed by atoms with Crippen LogP contribution in [0.1, 0.15) is 48.0 Å². The maximum Gasteiger partial charge on any atom is 0.305 e. The summed E-state index contributed by atoms with van der Waals surface area (Å²) in [7, 11) is 0. The first kappa shape index (κ1) is 15.9. The Hall–Kier alpha value is -1.49. The van der Waals surface area contributed by atoms with Gasteiger partial charge >= 0.3 is 5.97 Å². The number of carbonyl (C=O) groups excluding carboxylic acids is 1. The molecule has 0 bridgehead atoms. The second-order valence-corrected chi connectivity index (χ2v) is 6.51. The normalized spacial score (nSPS) is 16.6. The molecule has 2 rings (SSSR count). The number of carboxylic acid groups (broad SMARTS) is 1. The Balaban J connectivity index is 2.06. The van der Waals surface area contributed by atoms with E-state index >= 15 is 0 Å². The minimum Gasteiger partial charge on any atom is -0.481 e. The lowest BCUT2D eigenvalue weighted by Gasteiger charge is -2.28. The number of carbonyl (C=O) groups is 2. The van der Waals surface area contributed by atoms with Gasteiger partial charge in [-0.25, -0.2) is 0 Å². The van der Waals surface area contributed by atoms with Gasteiger partial charge in [0.05, 0.1) is 12.0 Å². The van der Waals surface area contributed by atoms with Crippen LogP contribution in [-0.4, -0.2) is 28.8 Å². The van der Waals surface area contributed by atoms with Gasteiger partial charge in [-0.1, -0.05) is 25.0 Å². The molecule has 4 nitrogen and oxygen atoms in total. The van der Waals surface area contributed by atoms with Gasteiger partial charge in [-0.2, -0.15) is 11.8 Å². The second-order valence-electron chi connectivity index (χ2n) is 5.64. The van der Waals surface area contributed by atoms with Crippen LogP contribution in [0.25, 0.3) is 0 Å². The summed E-state index contributed by atoms with van der Waals surface area (Å²) in [4.78, 5) is 23.4. The maximum atomic E-state index is 12.3. The van der Waals surface area contributed by atoms with Crippen molar-refractivity contribution in [3.63, 3.8) is 0 Å². The number of amides is 1. The summed E-state index contributed by atoms with van der Waals surface area (Å²) in [6, 6.07) is 7.52. The number of hydrogen-bond donors (Lipinski definition) is 2. The number of thioether (sulfide) groups is 1. The van der Waals surface area contributed by atoms with Crippen molar-refractivity contribution < 1.29 is 14.7 Å². The van der Waals surface area contributed by atoms with E-state index in [-0.39, 0.29) is 12.3 Å². The third-order valence-corrected chi connectivity index (χ3v) is 4.58. The van der Waals surface area contributed by atoms with E-state index in [0.29, 0.717) is 5.56 Å². The van der Waals surface area contributed by atoms with Gasteiger partial charge in [-0.3, -0.25) is 9.59 Å². The minimum absolute atomic E-state index is 0.00327. The molecule has 1 aliphatic carbocycles. The first-order valence-electron chi connectivity index (χ1n) is 7.17. The molecule has 1 amide bonds.